The highest BCUT2D eigenvalue weighted by atomic mass is 35.5. The number of rotatable bonds is 6. The number of fused-ring (bicyclic) bond motifs is 1. The number of hydrogen-bond donors (Lipinski definition) is 1. The highest BCUT2D eigenvalue weighted by Crippen LogP contribution is 2.26. The quantitative estimate of drug-likeness (QED) is 0.629. The predicted molar refractivity (Wildman–Crippen MR) is 78.7 cm³/mol. The molecule has 2 nitrogen and oxygen atoms in total. The summed E-state index contributed by atoms with van der Waals surface area (Å²) in [6.45, 7) is 0.651. The van der Waals surface area contributed by atoms with E-state index in [1.165, 1.54) is 23.5 Å². The molecule has 0 fully saturated rings. The fourth-order valence-electron chi connectivity index (χ4n) is 1.80. The van der Waals surface area contributed by atoms with Gasteiger partial charge in [0.05, 0.1) is 4.88 Å². The van der Waals surface area contributed by atoms with E-state index in [-0.39, 0.29) is 11.7 Å². The number of halogens is 2. The number of carbonyl (C=O) groups is 1. The van der Waals surface area contributed by atoms with Crippen molar-refractivity contribution in [3.63, 3.8) is 0 Å². The number of thiophene rings is 1. The van der Waals surface area contributed by atoms with Crippen molar-refractivity contribution in [2.24, 2.45) is 0 Å². The van der Waals surface area contributed by atoms with Crippen LogP contribution in [-0.4, -0.2) is 18.3 Å². The first-order valence-electron chi connectivity index (χ1n) is 6.24. The first kappa shape index (κ1) is 14.3. The van der Waals surface area contributed by atoms with Gasteiger partial charge in [-0.2, -0.15) is 0 Å². The van der Waals surface area contributed by atoms with E-state index in [0.29, 0.717) is 17.3 Å². The Bertz CT molecular complexity index is 570. The minimum atomic E-state index is -0.276. The summed E-state index contributed by atoms with van der Waals surface area (Å²) in [5, 5.41) is 3.77. The minimum absolute atomic E-state index is 0.0903. The predicted octanol–water partition coefficient (Wildman–Crippen LogP) is 4.18. The summed E-state index contributed by atoms with van der Waals surface area (Å²) in [6, 6.07) is 6.35. The van der Waals surface area contributed by atoms with Gasteiger partial charge in [0.2, 0.25) is 0 Å². The van der Waals surface area contributed by atoms with Crippen LogP contribution in [0, 0.1) is 5.82 Å². The molecule has 0 aliphatic carbocycles. The van der Waals surface area contributed by atoms with Crippen LogP contribution >= 0.6 is 22.9 Å². The molecule has 5 heteroatoms. The van der Waals surface area contributed by atoms with Crippen LogP contribution in [0.2, 0.25) is 0 Å². The smallest absolute Gasteiger partial charge is 0.261 e. The maximum absolute atomic E-state index is 13.1. The molecule has 0 saturated carbocycles. The van der Waals surface area contributed by atoms with Gasteiger partial charge in [0.25, 0.3) is 5.91 Å². The van der Waals surface area contributed by atoms with Crippen molar-refractivity contribution in [1.82, 2.24) is 5.32 Å². The zero-order chi connectivity index (χ0) is 13.7. The number of unbranched alkanes of at least 4 members (excludes halogenated alkanes) is 2. The second-order valence-electron chi connectivity index (χ2n) is 4.30. The molecule has 102 valence electrons. The molecule has 1 heterocycles. The molecule has 19 heavy (non-hydrogen) atoms. The Hall–Kier alpha value is -1.13. The molecule has 0 bridgehead atoms. The molecule has 0 atom stereocenters. The van der Waals surface area contributed by atoms with Gasteiger partial charge in [0, 0.05) is 17.1 Å². The second-order valence-corrected chi connectivity index (χ2v) is 5.76. The molecule has 1 aromatic heterocycles. The molecule has 0 unspecified atom stereocenters. The average molecular weight is 300 g/mol. The van der Waals surface area contributed by atoms with Gasteiger partial charge in [-0.15, -0.1) is 22.9 Å². The van der Waals surface area contributed by atoms with Crippen molar-refractivity contribution in [3.8, 4) is 0 Å². The Morgan fingerprint density at radius 3 is 2.89 bits per heavy atom. The summed E-state index contributed by atoms with van der Waals surface area (Å²) in [4.78, 5) is 12.5. The molecular weight excluding hydrogens is 285 g/mol. The Labute approximate surface area is 120 Å². The lowest BCUT2D eigenvalue weighted by molar-refractivity contribution is 0.0957. The van der Waals surface area contributed by atoms with Crippen molar-refractivity contribution in [3.05, 3.63) is 35.0 Å². The lowest BCUT2D eigenvalue weighted by Gasteiger charge is -2.02. The maximum atomic E-state index is 13.1. The van der Waals surface area contributed by atoms with E-state index >= 15 is 0 Å². The van der Waals surface area contributed by atoms with Gasteiger partial charge in [-0.1, -0.05) is 12.5 Å². The highest BCUT2D eigenvalue weighted by Gasteiger charge is 2.09. The molecule has 0 spiro atoms. The highest BCUT2D eigenvalue weighted by molar-refractivity contribution is 7.20. The van der Waals surface area contributed by atoms with Gasteiger partial charge in [-0.25, -0.2) is 4.39 Å². The standard InChI is InChI=1S/C14H15ClFNOS/c15-6-2-1-3-7-17-14(18)13-8-10-4-5-11(16)9-12(10)19-13/h4-5,8-9H,1-3,6-7H2,(H,17,18). The lowest BCUT2D eigenvalue weighted by Crippen LogP contribution is -2.23. The van der Waals surface area contributed by atoms with Gasteiger partial charge >= 0.3 is 0 Å². The SMILES string of the molecule is O=C(NCCCCCCl)c1cc2ccc(F)cc2s1. The van der Waals surface area contributed by atoms with Gasteiger partial charge in [-0.05, 0) is 36.4 Å². The van der Waals surface area contributed by atoms with Crippen molar-refractivity contribution in [1.29, 1.82) is 0 Å². The molecule has 0 saturated heterocycles. The number of benzene rings is 1. The van der Waals surface area contributed by atoms with Crippen LogP contribution in [0.1, 0.15) is 28.9 Å². The van der Waals surface area contributed by atoms with Gasteiger partial charge in [0.15, 0.2) is 0 Å². The summed E-state index contributed by atoms with van der Waals surface area (Å²) in [6.07, 6.45) is 2.92. The van der Waals surface area contributed by atoms with Crippen LogP contribution in [-0.2, 0) is 0 Å². The van der Waals surface area contributed by atoms with E-state index in [1.54, 1.807) is 12.1 Å². The number of nitrogens with one attached hydrogen (secondary N) is 1. The van der Waals surface area contributed by atoms with Crippen LogP contribution in [0.3, 0.4) is 0 Å². The second kappa shape index (κ2) is 6.87. The third-order valence-electron chi connectivity index (χ3n) is 2.80. The number of hydrogen-bond acceptors (Lipinski definition) is 2. The zero-order valence-corrected chi connectivity index (χ0v) is 12.0. The number of amides is 1. The third kappa shape index (κ3) is 3.91. The summed E-state index contributed by atoms with van der Waals surface area (Å²) >= 11 is 6.90. The van der Waals surface area contributed by atoms with E-state index in [4.69, 9.17) is 11.6 Å². The molecule has 2 aromatic rings. The molecule has 1 amide bonds. The van der Waals surface area contributed by atoms with E-state index in [9.17, 15) is 9.18 Å². The molecule has 1 aromatic carbocycles. The monoisotopic (exact) mass is 299 g/mol. The minimum Gasteiger partial charge on any atom is -0.351 e. The van der Waals surface area contributed by atoms with Crippen LogP contribution in [0.15, 0.2) is 24.3 Å². The Kier molecular flexibility index (Phi) is 5.16. The molecule has 0 aliphatic rings. The Morgan fingerprint density at radius 1 is 1.26 bits per heavy atom. The molecule has 1 N–H and O–H groups in total. The van der Waals surface area contributed by atoms with Crippen molar-refractivity contribution in [2.75, 3.05) is 12.4 Å². The summed E-state index contributed by atoms with van der Waals surface area (Å²) in [5.74, 6) is 0.297. The largest absolute Gasteiger partial charge is 0.351 e. The van der Waals surface area contributed by atoms with Crippen molar-refractivity contribution < 1.29 is 9.18 Å². The first-order valence-corrected chi connectivity index (χ1v) is 7.59. The topological polar surface area (TPSA) is 29.1 Å². The maximum Gasteiger partial charge on any atom is 0.261 e. The summed E-state index contributed by atoms with van der Waals surface area (Å²) in [5.41, 5.74) is 0. The number of carbonyl (C=O) groups excluding carboxylic acids is 1. The summed E-state index contributed by atoms with van der Waals surface area (Å²) < 4.78 is 13.9. The Balaban J connectivity index is 1.94. The third-order valence-corrected chi connectivity index (χ3v) is 4.17. The number of alkyl halides is 1. The summed E-state index contributed by atoms with van der Waals surface area (Å²) in [7, 11) is 0. The zero-order valence-electron chi connectivity index (χ0n) is 10.4. The molecule has 2 rings (SSSR count). The Morgan fingerprint density at radius 2 is 2.11 bits per heavy atom. The fraction of sp³-hybridized carbons (Fsp3) is 0.357. The van der Waals surface area contributed by atoms with E-state index in [2.05, 4.69) is 5.32 Å². The first-order chi connectivity index (χ1) is 9.20. The van der Waals surface area contributed by atoms with Crippen molar-refractivity contribution >= 4 is 38.9 Å². The normalized spacial score (nSPS) is 10.8. The van der Waals surface area contributed by atoms with Crippen LogP contribution < -0.4 is 5.32 Å². The van der Waals surface area contributed by atoms with Gasteiger partial charge in [0.1, 0.15) is 5.82 Å². The van der Waals surface area contributed by atoms with Gasteiger partial charge < -0.3 is 5.32 Å². The van der Waals surface area contributed by atoms with Crippen LogP contribution in [0.5, 0.6) is 0 Å². The van der Waals surface area contributed by atoms with Gasteiger partial charge in [-0.3, -0.25) is 4.79 Å². The van der Waals surface area contributed by atoms with E-state index in [1.807, 2.05) is 0 Å². The lowest BCUT2D eigenvalue weighted by atomic mass is 10.2. The molecule has 0 radical (unpaired) electrons. The average Bonchev–Trinajstić information content (AvgIpc) is 2.81. The van der Waals surface area contributed by atoms with E-state index < -0.39 is 0 Å². The fourth-order valence-corrected chi connectivity index (χ4v) is 3.00. The van der Waals surface area contributed by atoms with E-state index in [0.717, 1.165) is 29.3 Å². The molecular formula is C14H15ClFNOS. The van der Waals surface area contributed by atoms with Crippen LogP contribution in [0.25, 0.3) is 10.1 Å². The van der Waals surface area contributed by atoms with Crippen molar-refractivity contribution in [2.45, 2.75) is 19.3 Å². The molecule has 0 aliphatic heterocycles. The van der Waals surface area contributed by atoms with Crippen LogP contribution in [0.4, 0.5) is 4.39 Å².